The van der Waals surface area contributed by atoms with Crippen molar-refractivity contribution in [2.75, 3.05) is 47.0 Å². The molecule has 1 aromatic rings. The minimum Gasteiger partial charge on any atom is -0.497 e. The van der Waals surface area contributed by atoms with E-state index in [-0.39, 0.29) is 75.6 Å². The first kappa shape index (κ1) is 67.2. The molecule has 1 aromatic carbocycles. The molecule has 4 rings (SSSR count). The third-order valence-electron chi connectivity index (χ3n) is 14.1. The summed E-state index contributed by atoms with van der Waals surface area (Å²) in [7, 11) is 2.93. The molecule has 0 radical (unpaired) electrons. The normalized spacial score (nSPS) is 21.9. The number of methoxy groups -OCH3 is 2. The summed E-state index contributed by atoms with van der Waals surface area (Å²) in [6, 6.07) is -1.56. The quantitative estimate of drug-likeness (QED) is 0.0103. The third-order valence-corrected chi connectivity index (χ3v) is 14.1. The van der Waals surface area contributed by atoms with Gasteiger partial charge in [0.2, 0.25) is 41.4 Å². The maximum absolute atomic E-state index is 14.2. The van der Waals surface area contributed by atoms with Crippen molar-refractivity contribution in [3.05, 3.63) is 41.5 Å². The molecule has 31 heteroatoms. The smallest absolute Gasteiger partial charge is 0.407 e. The van der Waals surface area contributed by atoms with Gasteiger partial charge in [0, 0.05) is 33.0 Å². The number of ether oxygens (including phenoxy) is 5. The number of carboxylic acids is 2. The number of alkyl carbamates (subject to hydrolysis) is 1. The number of primary amides is 1. The molecule has 19 N–H and O–H groups in total. The van der Waals surface area contributed by atoms with Crippen molar-refractivity contribution in [1.82, 2.24) is 37.2 Å². The summed E-state index contributed by atoms with van der Waals surface area (Å²) < 4.78 is 29.2. The van der Waals surface area contributed by atoms with Crippen LogP contribution in [0.1, 0.15) is 90.5 Å². The average Bonchev–Trinajstić information content (AvgIpc) is 2.01. The summed E-state index contributed by atoms with van der Waals surface area (Å²) >= 11 is 0. The topological polar surface area (TPSA) is 503 Å². The average molecular weight is 1170 g/mol. The van der Waals surface area contributed by atoms with E-state index in [4.69, 9.17) is 57.5 Å². The Bertz CT molecular complexity index is 2570. The lowest BCUT2D eigenvalue weighted by Crippen LogP contribution is -2.59. The van der Waals surface area contributed by atoms with Gasteiger partial charge in [0.15, 0.2) is 11.9 Å². The number of carbonyl (C=O) groups excluding carboxylic acids is 8. The molecule has 2 heterocycles. The lowest BCUT2D eigenvalue weighted by Gasteiger charge is -2.42. The second-order valence-electron chi connectivity index (χ2n) is 20.7. The van der Waals surface area contributed by atoms with E-state index in [2.05, 4.69) is 53.3 Å². The van der Waals surface area contributed by atoms with Crippen LogP contribution in [0, 0.1) is 5.92 Å². The van der Waals surface area contributed by atoms with Gasteiger partial charge in [-0.1, -0.05) is 23.8 Å². The van der Waals surface area contributed by atoms with Gasteiger partial charge in [-0.25, -0.2) is 4.79 Å². The summed E-state index contributed by atoms with van der Waals surface area (Å²) in [5.74, 6) is -10.2. The van der Waals surface area contributed by atoms with Gasteiger partial charge in [-0.05, 0) is 89.8 Å². The second kappa shape index (κ2) is 31.8. The van der Waals surface area contributed by atoms with E-state index in [1.54, 1.807) is 24.3 Å². The van der Waals surface area contributed by atoms with Crippen LogP contribution in [0.4, 0.5) is 4.79 Å². The van der Waals surface area contributed by atoms with Crippen LogP contribution < -0.4 is 70.6 Å². The number of guanidine groups is 2. The Morgan fingerprint density at radius 1 is 0.723 bits per heavy atom. The predicted octanol–water partition coefficient (Wildman–Crippen LogP) is -3.49. The molecule has 8 amide bonds. The fraction of sp³-hybridized carbons (Fsp3) is 0.615. The third kappa shape index (κ3) is 21.8. The van der Waals surface area contributed by atoms with E-state index in [9.17, 15) is 53.1 Å². The monoisotopic (exact) mass is 1170 g/mol. The van der Waals surface area contributed by atoms with Crippen molar-refractivity contribution in [3.8, 4) is 5.75 Å². The molecule has 3 aliphatic rings. The first-order valence-corrected chi connectivity index (χ1v) is 26.9. The van der Waals surface area contributed by atoms with E-state index in [0.717, 1.165) is 5.57 Å². The van der Waals surface area contributed by atoms with Crippen LogP contribution in [-0.2, 0) is 68.5 Å². The van der Waals surface area contributed by atoms with Crippen LogP contribution >= 0.6 is 0 Å². The van der Waals surface area contributed by atoms with E-state index in [1.165, 1.54) is 14.2 Å². The largest absolute Gasteiger partial charge is 0.497 e. The highest BCUT2D eigenvalue weighted by Gasteiger charge is 2.72. The predicted molar refractivity (Wildman–Crippen MR) is 295 cm³/mol. The van der Waals surface area contributed by atoms with Crippen molar-refractivity contribution in [2.24, 2.45) is 44.6 Å². The number of aliphatic imine (C=N–C) groups is 2. The summed E-state index contributed by atoms with van der Waals surface area (Å²) in [6.45, 7) is 5.01. The molecular weight excluding hydrogens is 1090 g/mol. The molecule has 0 bridgehead atoms. The zero-order chi connectivity index (χ0) is 61.6. The molecule has 11 atom stereocenters. The highest BCUT2D eigenvalue weighted by molar-refractivity contribution is 5.97. The lowest BCUT2D eigenvalue weighted by atomic mass is 9.68. The number of rotatable bonds is 35. The number of carbonyl (C=O) groups is 10. The molecular formula is C52H80N14O17. The van der Waals surface area contributed by atoms with Crippen molar-refractivity contribution in [3.63, 3.8) is 0 Å². The Balaban J connectivity index is 1.44. The van der Waals surface area contributed by atoms with Crippen LogP contribution in [0.25, 0.3) is 0 Å². The van der Waals surface area contributed by atoms with Crippen molar-refractivity contribution >= 4 is 71.3 Å². The molecule has 3 fully saturated rings. The molecule has 1 aliphatic carbocycles. The number of nitrogens with two attached hydrogens (primary N) is 5. The molecule has 1 saturated carbocycles. The van der Waals surface area contributed by atoms with Crippen LogP contribution in [-0.4, -0.2) is 188 Å². The number of hydrogen-bond acceptors (Lipinski definition) is 17. The van der Waals surface area contributed by atoms with Crippen molar-refractivity contribution in [1.29, 1.82) is 0 Å². The molecule has 0 aromatic heterocycles. The first-order valence-electron chi connectivity index (χ1n) is 26.9. The fourth-order valence-electron chi connectivity index (χ4n) is 9.69. The van der Waals surface area contributed by atoms with E-state index >= 15 is 0 Å². The zero-order valence-corrected chi connectivity index (χ0v) is 47.2. The van der Waals surface area contributed by atoms with Gasteiger partial charge in [-0.2, -0.15) is 0 Å². The van der Waals surface area contributed by atoms with Crippen LogP contribution in [0.3, 0.4) is 0 Å². The lowest BCUT2D eigenvalue weighted by molar-refractivity contribution is -0.141. The summed E-state index contributed by atoms with van der Waals surface area (Å²) in [5, 5.41) is 35.7. The number of hydrogen-bond donors (Lipinski definition) is 14. The number of benzene rings is 1. The Labute approximate surface area is 479 Å². The second-order valence-corrected chi connectivity index (χ2v) is 20.7. The fourth-order valence-corrected chi connectivity index (χ4v) is 9.69. The zero-order valence-electron chi connectivity index (χ0n) is 47.2. The van der Waals surface area contributed by atoms with Crippen LogP contribution in [0.5, 0.6) is 5.75 Å². The number of amides is 8. The van der Waals surface area contributed by atoms with Crippen molar-refractivity contribution in [2.45, 2.75) is 151 Å². The highest BCUT2D eigenvalue weighted by Crippen LogP contribution is 2.59. The Hall–Kier alpha value is -8.32. The molecule has 0 unspecified atom stereocenters. The first-order chi connectivity index (χ1) is 39.2. The van der Waals surface area contributed by atoms with E-state index < -0.39 is 139 Å². The van der Waals surface area contributed by atoms with Crippen LogP contribution in [0.15, 0.2) is 45.9 Å². The van der Waals surface area contributed by atoms with E-state index in [1.807, 2.05) is 20.8 Å². The number of nitrogens with zero attached hydrogens (tertiary/aromatic N) is 2. The highest BCUT2D eigenvalue weighted by atomic mass is 16.6. The summed E-state index contributed by atoms with van der Waals surface area (Å²) in [5.41, 5.74) is 27.7. The summed E-state index contributed by atoms with van der Waals surface area (Å²) in [6.07, 6.45) is -0.870. The molecule has 83 heavy (non-hydrogen) atoms. The Morgan fingerprint density at radius 2 is 1.27 bits per heavy atom. The maximum Gasteiger partial charge on any atom is 0.407 e. The van der Waals surface area contributed by atoms with Crippen molar-refractivity contribution < 1.29 is 81.8 Å². The molecule has 1 spiro atoms. The minimum atomic E-state index is -1.88. The number of aliphatic carboxylic acids is 2. The number of carboxylic acid groups (broad SMARTS) is 2. The SMILES string of the molecule is COc1ccc(C[C@H](NC(=O)[C@H](CC(=O)O)NC(=O)CNC(=O)[C@H](CCCN=C(N)N)NC(=O)CNC(=O)O[C@@H]2CC[C@]3(CO3)[C@@H]([C@]3(C)O[C@@H]3CC=C(C)C)[C@@H]2OC)C(=O)N[C@@H](CCCN=C(N)N)C(=O)N[C@@H](CCC(=O)O)C(N)=O)cc1. The van der Waals surface area contributed by atoms with Crippen LogP contribution in [0.2, 0.25) is 0 Å². The standard InChI is InChI=1S/C52H80N14O17/c1-27(2)10-16-36-51(3,83-36)42-41(80-5)35(18-19-52(42)26-81-52)82-50(78)61-25-38(68)62-31(8-6-20-58-48(54)55)44(74)60-24-37(67)63-34(23-40(71)72)47(77)66-33(22-28-11-13-29(79-4)14-12-28)46(76)65-32(9-7-21-59-49(56)57)45(75)64-30(43(53)73)15-17-39(69)70/h10-14,30-36,41-42H,6-9,15-26H2,1-5H3,(H2,53,73)(H,60,74)(H,61,78)(H,62,68)(H,63,67)(H,64,75)(H,65,76)(H,66,77)(H,69,70)(H,71,72)(H4,54,55,58)(H4,56,57,59)/t30-,31-,32-,33-,34-,35+,36+,41+,42+,51+,52-/m0/s1. The van der Waals surface area contributed by atoms with Gasteiger partial charge < -0.3 is 99.8 Å². The summed E-state index contributed by atoms with van der Waals surface area (Å²) in [4.78, 5) is 139. The minimum absolute atomic E-state index is 0.0166. The molecule has 460 valence electrons. The van der Waals surface area contributed by atoms with Gasteiger partial charge in [-0.15, -0.1) is 0 Å². The maximum atomic E-state index is 14.2. The number of allylic oxidation sites excluding steroid dienone is 1. The molecule has 2 aliphatic heterocycles. The van der Waals surface area contributed by atoms with Gasteiger partial charge in [-0.3, -0.25) is 53.1 Å². The molecule has 2 saturated heterocycles. The molecule has 31 nitrogen and oxygen atoms in total. The van der Waals surface area contributed by atoms with Gasteiger partial charge in [0.05, 0.1) is 38.7 Å². The van der Waals surface area contributed by atoms with Gasteiger partial charge >= 0.3 is 18.0 Å². The Morgan fingerprint density at radius 3 is 1.80 bits per heavy atom. The number of epoxide rings is 2. The Kier molecular flexibility index (Phi) is 25.7. The van der Waals surface area contributed by atoms with Gasteiger partial charge in [0.1, 0.15) is 65.9 Å². The number of nitrogens with one attached hydrogen (secondary N) is 7. The van der Waals surface area contributed by atoms with E-state index in [0.29, 0.717) is 37.2 Å². The van der Waals surface area contributed by atoms with Gasteiger partial charge in [0.25, 0.3) is 0 Å².